The van der Waals surface area contributed by atoms with Crippen molar-refractivity contribution in [2.45, 2.75) is 148 Å². The molecule has 0 bridgehead atoms. The number of carboxylic acids is 1. The fraction of sp³-hybridized carbons (Fsp3) is 0.917. The summed E-state index contributed by atoms with van der Waals surface area (Å²) < 4.78 is 12.0. The first kappa shape index (κ1) is 34.7. The maximum atomic E-state index is 13.0. The molecule has 0 aromatic rings. The smallest absolute Gasteiger partial charge is 0.310 e. The molecule has 0 radical (unpaired) electrons. The van der Waals surface area contributed by atoms with E-state index in [1.165, 1.54) is 0 Å². The van der Waals surface area contributed by atoms with Gasteiger partial charge in [0.1, 0.15) is 24.4 Å². The maximum absolute atomic E-state index is 13.0. The van der Waals surface area contributed by atoms with E-state index in [2.05, 4.69) is 40.7 Å². The number of carboxylic acid groups (broad SMARTS) is 1. The first-order valence-corrected chi connectivity index (χ1v) is 17.5. The first-order valence-electron chi connectivity index (χ1n) is 17.5. The van der Waals surface area contributed by atoms with E-state index in [4.69, 9.17) is 9.47 Å². The molecular weight excluding hydrogens is 592 g/mol. The third-order valence-electron chi connectivity index (χ3n) is 15.5. The van der Waals surface area contributed by atoms with Gasteiger partial charge < -0.3 is 45.2 Å². The highest BCUT2D eigenvalue weighted by molar-refractivity contribution is 5.77. The van der Waals surface area contributed by atoms with Gasteiger partial charge in [-0.3, -0.25) is 4.79 Å². The second-order valence-corrected chi connectivity index (χ2v) is 17.7. The number of aliphatic carboxylic acids is 1. The van der Waals surface area contributed by atoms with Gasteiger partial charge in [-0.15, -0.1) is 0 Å². The lowest BCUT2D eigenvalue weighted by Crippen LogP contribution is -2.69. The molecule has 6 rings (SSSR count). The van der Waals surface area contributed by atoms with Crippen molar-refractivity contribution in [2.75, 3.05) is 6.61 Å². The van der Waals surface area contributed by atoms with Crippen LogP contribution in [0.5, 0.6) is 0 Å². The fourth-order valence-electron chi connectivity index (χ4n) is 12.6. The summed E-state index contributed by atoms with van der Waals surface area (Å²) in [6.07, 6.45) is -0.856. The van der Waals surface area contributed by atoms with Crippen LogP contribution in [-0.2, 0) is 14.3 Å². The molecule has 262 valence electrons. The van der Waals surface area contributed by atoms with E-state index in [0.29, 0.717) is 25.7 Å². The Hall–Kier alpha value is -1.11. The van der Waals surface area contributed by atoms with Crippen LogP contribution in [0.4, 0.5) is 0 Å². The molecule has 10 nitrogen and oxygen atoms in total. The predicted octanol–water partition coefficient (Wildman–Crippen LogP) is 3.00. The number of carbonyl (C=O) groups is 1. The molecule has 5 aliphatic carbocycles. The van der Waals surface area contributed by atoms with Crippen molar-refractivity contribution < 1.29 is 50.0 Å². The van der Waals surface area contributed by atoms with Gasteiger partial charge >= 0.3 is 5.97 Å². The van der Waals surface area contributed by atoms with E-state index < -0.39 is 77.8 Å². The quantitative estimate of drug-likeness (QED) is 0.177. The largest absolute Gasteiger partial charge is 0.481 e. The molecule has 1 aliphatic heterocycles. The molecule has 1 saturated heterocycles. The summed E-state index contributed by atoms with van der Waals surface area (Å²) in [5.41, 5.74) is -2.34. The molecule has 16 atom stereocenters. The van der Waals surface area contributed by atoms with E-state index in [1.54, 1.807) is 0 Å². The van der Waals surface area contributed by atoms with E-state index in [9.17, 15) is 40.5 Å². The van der Waals surface area contributed by atoms with Crippen molar-refractivity contribution in [1.29, 1.82) is 0 Å². The van der Waals surface area contributed by atoms with Gasteiger partial charge in [-0.25, -0.2) is 0 Å². The molecule has 6 aliphatic rings. The van der Waals surface area contributed by atoms with Crippen LogP contribution in [0.2, 0.25) is 0 Å². The number of aliphatic hydroxyl groups is 6. The van der Waals surface area contributed by atoms with Crippen LogP contribution in [0.1, 0.15) is 99.8 Å². The average Bonchev–Trinajstić information content (AvgIpc) is 2.97. The van der Waals surface area contributed by atoms with Crippen molar-refractivity contribution in [3.63, 3.8) is 0 Å². The number of hydrogen-bond donors (Lipinski definition) is 7. The lowest BCUT2D eigenvalue weighted by atomic mass is 9.33. The first-order chi connectivity index (χ1) is 21.2. The Kier molecular flexibility index (Phi) is 8.27. The minimum Gasteiger partial charge on any atom is -0.481 e. The summed E-state index contributed by atoms with van der Waals surface area (Å²) in [6, 6.07) is 0. The summed E-state index contributed by atoms with van der Waals surface area (Å²) in [7, 11) is 0. The van der Waals surface area contributed by atoms with Crippen LogP contribution < -0.4 is 0 Å². The zero-order valence-corrected chi connectivity index (χ0v) is 28.6. The number of ether oxygens (including phenoxy) is 2. The van der Waals surface area contributed by atoms with Crippen molar-refractivity contribution in [3.05, 3.63) is 11.6 Å². The number of hydrogen-bond acceptors (Lipinski definition) is 9. The van der Waals surface area contributed by atoms with E-state index in [1.807, 2.05) is 13.8 Å². The molecule has 4 saturated carbocycles. The zero-order valence-electron chi connectivity index (χ0n) is 28.6. The third kappa shape index (κ3) is 4.39. The minimum atomic E-state index is -1.56. The predicted molar refractivity (Wildman–Crippen MR) is 168 cm³/mol. The van der Waals surface area contributed by atoms with Crippen LogP contribution in [0.3, 0.4) is 0 Å². The van der Waals surface area contributed by atoms with E-state index in [0.717, 1.165) is 31.3 Å². The van der Waals surface area contributed by atoms with E-state index >= 15 is 0 Å². The van der Waals surface area contributed by atoms with E-state index in [-0.39, 0.29) is 34.0 Å². The number of allylic oxidation sites excluding steroid dienone is 1. The standard InChI is InChI=1S/C36H58O10/c1-18-10-13-36(30(42)43)15-14-33(5)19(27(36)35(18,7)44)8-9-23-32(4)16-20(38)28(31(2,3)22(32)11-12-34(23,33)6)46-29-26(41)25(40)24(39)21(17-37)45-29/h8,18,20-29,37-41,44H,9-17H2,1-7H3,(H,42,43)/t18-,20-,21-,22?,23?,24-,25+,26-,27?,28+,29+,32+,33-,34-,35-,36+/m1/s1. The monoisotopic (exact) mass is 650 g/mol. The Morgan fingerprint density at radius 3 is 2.24 bits per heavy atom. The molecule has 3 unspecified atom stereocenters. The molecule has 10 heteroatoms. The number of aliphatic hydroxyl groups excluding tert-OH is 5. The lowest BCUT2D eigenvalue weighted by molar-refractivity contribution is -0.341. The van der Waals surface area contributed by atoms with Gasteiger partial charge in [0.15, 0.2) is 6.29 Å². The molecule has 0 aromatic heterocycles. The molecule has 1 heterocycles. The molecular formula is C36H58O10. The molecule has 0 amide bonds. The summed E-state index contributed by atoms with van der Waals surface area (Å²) >= 11 is 0. The van der Waals surface area contributed by atoms with Gasteiger partial charge in [0, 0.05) is 5.92 Å². The van der Waals surface area contributed by atoms with Crippen LogP contribution in [0.25, 0.3) is 0 Å². The minimum absolute atomic E-state index is 0.0121. The van der Waals surface area contributed by atoms with Gasteiger partial charge in [0.05, 0.1) is 29.8 Å². The normalized spacial score (nSPS) is 56.5. The maximum Gasteiger partial charge on any atom is 0.310 e. The van der Waals surface area contributed by atoms with Gasteiger partial charge in [0.2, 0.25) is 0 Å². The SMILES string of the molecule is C[C@@H]1CC[C@]2(C(=O)O)CC[C@]3(C)C(=CCC4[C@@]5(C)C[C@@H](O)[C@H](O[C@@H]6O[C@H](CO)[C@@H](O)[C@H](O)[C@H]6O)C(C)(C)C5CC[C@]43C)C2[C@]1(C)O. The van der Waals surface area contributed by atoms with Crippen molar-refractivity contribution in [2.24, 2.45) is 50.7 Å². The number of fused-ring (bicyclic) bond motifs is 7. The van der Waals surface area contributed by atoms with Crippen LogP contribution in [-0.4, -0.2) is 96.8 Å². The van der Waals surface area contributed by atoms with Crippen LogP contribution in [0.15, 0.2) is 11.6 Å². The van der Waals surface area contributed by atoms with Gasteiger partial charge in [-0.1, -0.05) is 53.2 Å². The Bertz CT molecular complexity index is 1250. The van der Waals surface area contributed by atoms with Crippen LogP contribution in [0, 0.1) is 50.7 Å². The van der Waals surface area contributed by atoms with Gasteiger partial charge in [-0.2, -0.15) is 0 Å². The van der Waals surface area contributed by atoms with Crippen LogP contribution >= 0.6 is 0 Å². The Balaban J connectivity index is 1.34. The number of rotatable bonds is 4. The topological polar surface area (TPSA) is 177 Å². The summed E-state index contributed by atoms with van der Waals surface area (Å²) in [6.45, 7) is 14.5. The highest BCUT2D eigenvalue weighted by atomic mass is 16.7. The fourth-order valence-corrected chi connectivity index (χ4v) is 12.6. The second kappa shape index (κ2) is 10.9. The van der Waals surface area contributed by atoms with Gasteiger partial charge in [-0.05, 0) is 97.7 Å². The lowest BCUT2D eigenvalue weighted by Gasteiger charge is -2.72. The van der Waals surface area contributed by atoms with Crippen molar-refractivity contribution in [1.82, 2.24) is 0 Å². The van der Waals surface area contributed by atoms with Gasteiger partial charge in [0.25, 0.3) is 0 Å². The molecule has 0 spiro atoms. The summed E-state index contributed by atoms with van der Waals surface area (Å²) in [5, 5.41) is 75.6. The third-order valence-corrected chi connectivity index (χ3v) is 15.5. The Morgan fingerprint density at radius 2 is 1.61 bits per heavy atom. The Morgan fingerprint density at radius 1 is 0.935 bits per heavy atom. The summed E-state index contributed by atoms with van der Waals surface area (Å²) in [5.74, 6) is -0.930. The highest BCUT2D eigenvalue weighted by Gasteiger charge is 2.72. The highest BCUT2D eigenvalue weighted by Crippen LogP contribution is 2.76. The van der Waals surface area contributed by atoms with Crippen molar-refractivity contribution >= 4 is 5.97 Å². The Labute approximate surface area is 273 Å². The molecule has 0 aromatic carbocycles. The molecule has 5 fully saturated rings. The summed E-state index contributed by atoms with van der Waals surface area (Å²) in [4.78, 5) is 13.0. The average molecular weight is 651 g/mol. The zero-order chi connectivity index (χ0) is 34.0. The molecule has 46 heavy (non-hydrogen) atoms. The molecule has 7 N–H and O–H groups in total. The van der Waals surface area contributed by atoms with Crippen molar-refractivity contribution in [3.8, 4) is 0 Å². The second-order valence-electron chi connectivity index (χ2n) is 17.7.